The number of nitrogens with zero attached hydrogens (tertiary/aromatic N) is 2. The monoisotopic (exact) mass is 299 g/mol. The van der Waals surface area contributed by atoms with Crippen molar-refractivity contribution in [1.29, 1.82) is 0 Å². The highest BCUT2D eigenvalue weighted by Gasteiger charge is 2.03. The summed E-state index contributed by atoms with van der Waals surface area (Å²) in [6.45, 7) is 3.87. The van der Waals surface area contributed by atoms with Crippen molar-refractivity contribution < 1.29 is 0 Å². The van der Waals surface area contributed by atoms with Gasteiger partial charge in [-0.05, 0) is 28.9 Å². The van der Waals surface area contributed by atoms with Gasteiger partial charge in [0.2, 0.25) is 0 Å². The first-order valence-electron chi connectivity index (χ1n) is 5.08. The van der Waals surface area contributed by atoms with Gasteiger partial charge in [-0.3, -0.25) is 4.68 Å². The Morgan fingerprint density at radius 1 is 1.50 bits per heavy atom. The average Bonchev–Trinajstić information content (AvgIpc) is 2.79. The minimum atomic E-state index is 0.870. The largest absolute Gasteiger partial charge is 0.308 e. The molecule has 0 aromatic carbocycles. The Labute approximate surface area is 108 Å². The van der Waals surface area contributed by atoms with Gasteiger partial charge in [0.05, 0.1) is 6.20 Å². The van der Waals surface area contributed by atoms with Gasteiger partial charge >= 0.3 is 0 Å². The molecule has 0 spiro atoms. The maximum Gasteiger partial charge on any atom is 0.0537 e. The van der Waals surface area contributed by atoms with Crippen molar-refractivity contribution in [3.05, 3.63) is 38.3 Å². The molecule has 0 bridgehead atoms. The third-order valence-corrected chi connectivity index (χ3v) is 4.27. The summed E-state index contributed by atoms with van der Waals surface area (Å²) in [7, 11) is 1.97. The zero-order chi connectivity index (χ0) is 11.5. The van der Waals surface area contributed by atoms with Gasteiger partial charge in [0.1, 0.15) is 0 Å². The Morgan fingerprint density at radius 2 is 2.31 bits per heavy atom. The molecular formula is C11H14BrN3S. The fourth-order valence-electron chi connectivity index (χ4n) is 1.48. The van der Waals surface area contributed by atoms with Crippen LogP contribution in [0.25, 0.3) is 0 Å². The minimum absolute atomic E-state index is 0.870. The van der Waals surface area contributed by atoms with Crippen molar-refractivity contribution in [2.24, 2.45) is 7.05 Å². The van der Waals surface area contributed by atoms with E-state index in [4.69, 9.17) is 0 Å². The van der Waals surface area contributed by atoms with Crippen molar-refractivity contribution in [3.63, 3.8) is 0 Å². The summed E-state index contributed by atoms with van der Waals surface area (Å²) in [5.41, 5.74) is 2.48. The number of rotatable bonds is 4. The van der Waals surface area contributed by atoms with Crippen molar-refractivity contribution in [2.75, 3.05) is 0 Å². The second-order valence-electron chi connectivity index (χ2n) is 3.71. The second kappa shape index (κ2) is 5.12. The third kappa shape index (κ3) is 2.72. The van der Waals surface area contributed by atoms with Crippen LogP contribution in [0.5, 0.6) is 0 Å². The van der Waals surface area contributed by atoms with E-state index in [1.54, 1.807) is 11.3 Å². The number of hydrogen-bond acceptors (Lipinski definition) is 3. The van der Waals surface area contributed by atoms with Crippen LogP contribution in [0.3, 0.4) is 0 Å². The summed E-state index contributed by atoms with van der Waals surface area (Å²) in [4.78, 5) is 1.34. The SMILES string of the molecule is Cc1c(CNCc2cc(Br)cs2)cnn1C. The Morgan fingerprint density at radius 3 is 2.88 bits per heavy atom. The smallest absolute Gasteiger partial charge is 0.0537 e. The summed E-state index contributed by atoms with van der Waals surface area (Å²) >= 11 is 5.22. The molecule has 0 aliphatic carbocycles. The number of nitrogens with one attached hydrogen (secondary N) is 1. The van der Waals surface area contributed by atoms with E-state index < -0.39 is 0 Å². The molecule has 86 valence electrons. The molecule has 0 fully saturated rings. The molecule has 0 aliphatic heterocycles. The standard InChI is InChI=1S/C11H14BrN3S/c1-8-9(5-14-15(8)2)4-13-6-11-3-10(12)7-16-11/h3,5,7,13H,4,6H2,1-2H3. The van der Waals surface area contributed by atoms with Crippen molar-refractivity contribution >= 4 is 27.3 Å². The lowest BCUT2D eigenvalue weighted by atomic mass is 10.2. The van der Waals surface area contributed by atoms with E-state index in [0.29, 0.717) is 0 Å². The lowest BCUT2D eigenvalue weighted by Gasteiger charge is -2.02. The quantitative estimate of drug-likeness (QED) is 0.941. The normalized spacial score (nSPS) is 10.9. The first kappa shape index (κ1) is 11.8. The van der Waals surface area contributed by atoms with Gasteiger partial charge in [0, 0.05) is 46.1 Å². The number of aromatic nitrogens is 2. The molecule has 2 aromatic rings. The molecule has 3 nitrogen and oxygen atoms in total. The Balaban J connectivity index is 1.86. The van der Waals surface area contributed by atoms with Gasteiger partial charge in [0.15, 0.2) is 0 Å². The molecule has 0 aliphatic rings. The predicted molar refractivity (Wildman–Crippen MR) is 70.5 cm³/mol. The number of hydrogen-bond donors (Lipinski definition) is 1. The van der Waals surface area contributed by atoms with E-state index in [9.17, 15) is 0 Å². The minimum Gasteiger partial charge on any atom is -0.308 e. The molecule has 0 saturated carbocycles. The van der Waals surface area contributed by atoms with Crippen LogP contribution in [0.2, 0.25) is 0 Å². The van der Waals surface area contributed by atoms with Gasteiger partial charge in [-0.15, -0.1) is 11.3 Å². The molecule has 2 rings (SSSR count). The lowest BCUT2D eigenvalue weighted by molar-refractivity contribution is 0.691. The van der Waals surface area contributed by atoms with Gasteiger partial charge in [-0.2, -0.15) is 5.10 Å². The van der Waals surface area contributed by atoms with Crippen LogP contribution in [-0.4, -0.2) is 9.78 Å². The molecule has 16 heavy (non-hydrogen) atoms. The molecule has 0 radical (unpaired) electrons. The second-order valence-corrected chi connectivity index (χ2v) is 5.63. The molecule has 1 N–H and O–H groups in total. The molecule has 0 atom stereocenters. The maximum atomic E-state index is 4.22. The van der Waals surface area contributed by atoms with Crippen LogP contribution >= 0.6 is 27.3 Å². The van der Waals surface area contributed by atoms with Crippen LogP contribution in [-0.2, 0) is 20.1 Å². The Hall–Kier alpha value is -0.650. The lowest BCUT2D eigenvalue weighted by Crippen LogP contribution is -2.12. The van der Waals surface area contributed by atoms with Crippen molar-refractivity contribution in [2.45, 2.75) is 20.0 Å². The number of thiophene rings is 1. The van der Waals surface area contributed by atoms with Crippen LogP contribution in [0.4, 0.5) is 0 Å². The van der Waals surface area contributed by atoms with E-state index in [0.717, 1.165) is 17.6 Å². The topological polar surface area (TPSA) is 29.9 Å². The zero-order valence-corrected chi connectivity index (χ0v) is 11.7. The molecule has 5 heteroatoms. The highest BCUT2D eigenvalue weighted by atomic mass is 79.9. The molecular weight excluding hydrogens is 286 g/mol. The highest BCUT2D eigenvalue weighted by Crippen LogP contribution is 2.19. The van der Waals surface area contributed by atoms with Gasteiger partial charge in [-0.1, -0.05) is 0 Å². The first-order valence-corrected chi connectivity index (χ1v) is 6.75. The van der Waals surface area contributed by atoms with Crippen molar-refractivity contribution in [1.82, 2.24) is 15.1 Å². The molecule has 0 unspecified atom stereocenters. The third-order valence-electron chi connectivity index (χ3n) is 2.57. The van der Waals surface area contributed by atoms with E-state index >= 15 is 0 Å². The fourth-order valence-corrected chi connectivity index (χ4v) is 2.91. The summed E-state index contributed by atoms with van der Waals surface area (Å²) in [6, 6.07) is 2.15. The van der Waals surface area contributed by atoms with E-state index in [1.807, 2.05) is 17.9 Å². The Bertz CT molecular complexity index is 475. The van der Waals surface area contributed by atoms with Crippen LogP contribution in [0.15, 0.2) is 22.1 Å². The molecule has 0 amide bonds. The van der Waals surface area contributed by atoms with Crippen LogP contribution in [0.1, 0.15) is 16.1 Å². The maximum absolute atomic E-state index is 4.22. The molecule has 2 heterocycles. The summed E-state index contributed by atoms with van der Waals surface area (Å²) < 4.78 is 3.06. The zero-order valence-electron chi connectivity index (χ0n) is 9.33. The van der Waals surface area contributed by atoms with Gasteiger partial charge in [-0.25, -0.2) is 0 Å². The molecule has 2 aromatic heterocycles. The molecule has 0 saturated heterocycles. The number of aryl methyl sites for hydroxylation is 1. The van der Waals surface area contributed by atoms with Crippen LogP contribution < -0.4 is 5.32 Å². The predicted octanol–water partition coefficient (Wildman–Crippen LogP) is 2.84. The van der Waals surface area contributed by atoms with Gasteiger partial charge < -0.3 is 5.32 Å². The van der Waals surface area contributed by atoms with Crippen molar-refractivity contribution in [3.8, 4) is 0 Å². The fraction of sp³-hybridized carbons (Fsp3) is 0.364. The van der Waals surface area contributed by atoms with E-state index in [2.05, 4.69) is 44.7 Å². The summed E-state index contributed by atoms with van der Waals surface area (Å²) in [6.07, 6.45) is 1.92. The van der Waals surface area contributed by atoms with E-state index in [1.165, 1.54) is 16.1 Å². The van der Waals surface area contributed by atoms with Crippen LogP contribution in [0, 0.1) is 6.92 Å². The summed E-state index contributed by atoms with van der Waals surface area (Å²) in [5.74, 6) is 0. The summed E-state index contributed by atoms with van der Waals surface area (Å²) in [5, 5.41) is 9.74. The van der Waals surface area contributed by atoms with E-state index in [-0.39, 0.29) is 0 Å². The highest BCUT2D eigenvalue weighted by molar-refractivity contribution is 9.10. The van der Waals surface area contributed by atoms with Gasteiger partial charge in [0.25, 0.3) is 0 Å². The Kier molecular flexibility index (Phi) is 3.78. The first-order chi connectivity index (χ1) is 7.66. The average molecular weight is 300 g/mol. The number of halogens is 1.